The van der Waals surface area contributed by atoms with Crippen LogP contribution in [0.25, 0.3) is 10.2 Å². The number of aromatic nitrogens is 4. The first-order chi connectivity index (χ1) is 26.2. The fourth-order valence-corrected chi connectivity index (χ4v) is 8.11. The number of fused-ring (bicyclic) bond motifs is 1. The Labute approximate surface area is 327 Å². The molecule has 55 heavy (non-hydrogen) atoms. The van der Waals surface area contributed by atoms with Crippen LogP contribution < -0.4 is 20.3 Å². The van der Waals surface area contributed by atoms with E-state index in [1.54, 1.807) is 13.1 Å². The van der Waals surface area contributed by atoms with Crippen LogP contribution in [-0.4, -0.2) is 108 Å². The predicted octanol–water partition coefficient (Wildman–Crippen LogP) is 5.55. The zero-order valence-corrected chi connectivity index (χ0v) is 33.4. The predicted molar refractivity (Wildman–Crippen MR) is 212 cm³/mol. The van der Waals surface area contributed by atoms with Gasteiger partial charge in [-0.1, -0.05) is 35.3 Å². The van der Waals surface area contributed by atoms with E-state index in [2.05, 4.69) is 42.6 Å². The summed E-state index contributed by atoms with van der Waals surface area (Å²) in [6.45, 7) is 4.02. The molecule has 5 aromatic rings. The van der Waals surface area contributed by atoms with E-state index in [-0.39, 0.29) is 24.5 Å². The van der Waals surface area contributed by atoms with Gasteiger partial charge in [-0.05, 0) is 68.8 Å². The lowest BCUT2D eigenvalue weighted by molar-refractivity contribution is -0.890. The molecular weight excluding hydrogens is 768 g/mol. The van der Waals surface area contributed by atoms with E-state index in [1.807, 2.05) is 56.3 Å². The fraction of sp³-hybridized carbons (Fsp3) is 0.378. The number of rotatable bonds is 19. The highest BCUT2D eigenvalue weighted by molar-refractivity contribution is 7.85. The van der Waals surface area contributed by atoms with E-state index in [1.165, 1.54) is 34.8 Å². The van der Waals surface area contributed by atoms with Gasteiger partial charge >= 0.3 is 5.97 Å². The van der Waals surface area contributed by atoms with Crippen LogP contribution in [-0.2, 0) is 16.5 Å². The molecule has 0 bridgehead atoms. The van der Waals surface area contributed by atoms with Crippen LogP contribution in [0.3, 0.4) is 0 Å². The molecule has 292 valence electrons. The molecular formula is C37H43FN8O6S3. The van der Waals surface area contributed by atoms with Gasteiger partial charge < -0.3 is 34.4 Å². The number of nitrogens with one attached hydrogen (secondary N) is 2. The van der Waals surface area contributed by atoms with Crippen LogP contribution in [0.4, 0.5) is 26.3 Å². The third-order valence-corrected chi connectivity index (χ3v) is 11.3. The van der Waals surface area contributed by atoms with Crippen molar-refractivity contribution in [3.05, 3.63) is 76.0 Å². The SMILES string of the molecule is CNCC#Cc1ccc(OCCCc2sc(N(CCC[N+](C)(C)CCCS(=O)(=O)[O-])c3cc(C)c(Nc4nc5ccccc5s4)nn3)nc2C(=O)O)c(F)c1. The lowest BCUT2D eigenvalue weighted by Crippen LogP contribution is -2.42. The first-order valence-corrected chi connectivity index (χ1v) is 20.7. The second-order valence-corrected chi connectivity index (χ2v) is 17.0. The van der Waals surface area contributed by atoms with Crippen molar-refractivity contribution in [3.63, 3.8) is 0 Å². The number of thiazole rings is 2. The van der Waals surface area contributed by atoms with Crippen LogP contribution in [0.15, 0.2) is 48.5 Å². The summed E-state index contributed by atoms with van der Waals surface area (Å²) in [6, 6.07) is 14.2. The van der Waals surface area contributed by atoms with Crippen molar-refractivity contribution in [1.82, 2.24) is 25.5 Å². The first kappa shape index (κ1) is 41.4. The van der Waals surface area contributed by atoms with Gasteiger partial charge in [0, 0.05) is 35.6 Å². The van der Waals surface area contributed by atoms with Gasteiger partial charge in [-0.15, -0.1) is 21.5 Å². The summed E-state index contributed by atoms with van der Waals surface area (Å²) in [6.07, 6.45) is 1.56. The minimum absolute atomic E-state index is 0.0831. The van der Waals surface area contributed by atoms with Gasteiger partial charge in [0.25, 0.3) is 0 Å². The molecule has 0 spiro atoms. The highest BCUT2D eigenvalue weighted by Gasteiger charge is 2.25. The molecule has 0 saturated carbocycles. The van der Waals surface area contributed by atoms with Crippen LogP contribution in [0, 0.1) is 24.6 Å². The number of carboxylic acid groups (broad SMARTS) is 1. The van der Waals surface area contributed by atoms with Crippen molar-refractivity contribution in [2.24, 2.45) is 0 Å². The molecule has 0 atom stereocenters. The summed E-state index contributed by atoms with van der Waals surface area (Å²) in [4.78, 5) is 23.9. The summed E-state index contributed by atoms with van der Waals surface area (Å²) in [5, 5.41) is 26.4. The van der Waals surface area contributed by atoms with Crippen molar-refractivity contribution in [1.29, 1.82) is 0 Å². The summed E-state index contributed by atoms with van der Waals surface area (Å²) < 4.78 is 55.3. The number of halogens is 1. The summed E-state index contributed by atoms with van der Waals surface area (Å²) >= 11 is 2.72. The van der Waals surface area contributed by atoms with Gasteiger partial charge in [0.1, 0.15) is 0 Å². The number of anilines is 4. The van der Waals surface area contributed by atoms with E-state index < -0.39 is 27.7 Å². The molecule has 0 saturated heterocycles. The second-order valence-electron chi connectivity index (χ2n) is 13.4. The Balaban J connectivity index is 1.33. The van der Waals surface area contributed by atoms with Gasteiger partial charge in [-0.2, -0.15) is 0 Å². The molecule has 3 aromatic heterocycles. The normalized spacial score (nSPS) is 11.7. The average molecular weight is 811 g/mol. The minimum atomic E-state index is -4.30. The Morgan fingerprint density at radius 3 is 2.56 bits per heavy atom. The minimum Gasteiger partial charge on any atom is -0.748 e. The molecule has 3 N–H and O–H groups in total. The molecule has 0 amide bonds. The van der Waals surface area contributed by atoms with E-state index >= 15 is 0 Å². The van der Waals surface area contributed by atoms with Gasteiger partial charge in [0.15, 0.2) is 39.2 Å². The third-order valence-electron chi connectivity index (χ3n) is 8.43. The number of quaternary nitrogens is 1. The lowest BCUT2D eigenvalue weighted by atomic mass is 10.2. The third kappa shape index (κ3) is 12.1. The topological polar surface area (TPSA) is 183 Å². The molecule has 0 fully saturated rings. The number of aromatic carboxylic acids is 1. The first-order valence-electron chi connectivity index (χ1n) is 17.5. The number of ether oxygens (including phenoxy) is 1. The summed E-state index contributed by atoms with van der Waals surface area (Å²) in [5.41, 5.74) is 2.09. The van der Waals surface area contributed by atoms with E-state index in [0.29, 0.717) is 82.3 Å². The van der Waals surface area contributed by atoms with Gasteiger partial charge in [0.05, 0.1) is 60.7 Å². The Morgan fingerprint density at radius 1 is 1.07 bits per heavy atom. The molecule has 3 heterocycles. The van der Waals surface area contributed by atoms with Crippen LogP contribution >= 0.6 is 22.7 Å². The van der Waals surface area contributed by atoms with Crippen molar-refractivity contribution in [2.45, 2.75) is 32.6 Å². The number of carboxylic acids is 1. The molecule has 0 unspecified atom stereocenters. The van der Waals surface area contributed by atoms with Crippen molar-refractivity contribution >= 4 is 70.9 Å². The molecule has 14 nitrogen and oxygen atoms in total. The molecule has 5 rings (SSSR count). The molecule has 18 heteroatoms. The molecule has 0 aliphatic rings. The molecule has 0 radical (unpaired) electrons. The van der Waals surface area contributed by atoms with Gasteiger partial charge in [-0.25, -0.2) is 27.6 Å². The maximum absolute atomic E-state index is 14.7. The highest BCUT2D eigenvalue weighted by atomic mass is 32.2. The zero-order valence-electron chi connectivity index (χ0n) is 31.0. The fourth-order valence-electron chi connectivity index (χ4n) is 5.64. The number of hydrogen-bond acceptors (Lipinski definition) is 14. The number of hydrogen-bond donors (Lipinski definition) is 3. The summed E-state index contributed by atoms with van der Waals surface area (Å²) in [5.74, 6) is 4.69. The van der Waals surface area contributed by atoms with E-state index in [4.69, 9.17) is 4.74 Å². The lowest BCUT2D eigenvalue weighted by Gasteiger charge is -2.31. The Kier molecular flexibility index (Phi) is 14.1. The molecule has 2 aromatic carbocycles. The zero-order chi connectivity index (χ0) is 39.6. The maximum atomic E-state index is 14.7. The summed E-state index contributed by atoms with van der Waals surface area (Å²) in [7, 11) is 1.39. The Morgan fingerprint density at radius 2 is 1.85 bits per heavy atom. The number of nitrogens with zero attached hydrogens (tertiary/aromatic N) is 6. The Bertz CT molecular complexity index is 2250. The molecule has 0 aliphatic carbocycles. The van der Waals surface area contributed by atoms with E-state index in [0.717, 1.165) is 15.8 Å². The average Bonchev–Trinajstić information content (AvgIpc) is 3.74. The van der Waals surface area contributed by atoms with Crippen LogP contribution in [0.1, 0.15) is 45.8 Å². The van der Waals surface area contributed by atoms with Gasteiger partial charge in [0.2, 0.25) is 0 Å². The van der Waals surface area contributed by atoms with Crippen LogP contribution in [0.5, 0.6) is 5.75 Å². The number of para-hydroxylation sites is 1. The smallest absolute Gasteiger partial charge is 0.355 e. The number of benzene rings is 2. The quantitative estimate of drug-likeness (QED) is 0.0409. The van der Waals surface area contributed by atoms with E-state index in [9.17, 15) is 27.3 Å². The second kappa shape index (κ2) is 18.7. The monoisotopic (exact) mass is 810 g/mol. The standard InChI is InChI=1S/C37H43FN8O6S3/c1-25-23-32(43-44-34(25)42-36-40-28-12-5-6-13-30(28)53-36)45(18-9-19-46(3,4)20-10-22-55(49,50)51)37-41-33(35(47)48)31(54-37)14-8-21-52-29-16-15-26(24-27(29)38)11-7-17-39-2/h5-6,12-13,15-16,23-24,39H,8-10,14,17-22H2,1-4H3,(H2-,40,42,44,47,48,49,50,51). The van der Waals surface area contributed by atoms with Crippen molar-refractivity contribution < 1.29 is 36.5 Å². The van der Waals surface area contributed by atoms with Crippen molar-refractivity contribution in [2.75, 3.05) is 69.9 Å². The highest BCUT2D eigenvalue weighted by Crippen LogP contribution is 2.34. The largest absolute Gasteiger partial charge is 0.748 e. The van der Waals surface area contributed by atoms with Crippen molar-refractivity contribution in [3.8, 4) is 17.6 Å². The number of carbonyl (C=O) groups is 1. The molecule has 0 aliphatic heterocycles. The van der Waals surface area contributed by atoms with Crippen LogP contribution in [0.2, 0.25) is 0 Å². The van der Waals surface area contributed by atoms with Gasteiger partial charge in [-0.3, -0.25) is 0 Å². The Hall–Kier alpha value is -4.77. The number of aryl methyl sites for hydroxylation is 2. The maximum Gasteiger partial charge on any atom is 0.355 e.